The second-order valence-corrected chi connectivity index (χ2v) is 3.66. The van der Waals surface area contributed by atoms with E-state index in [1.807, 2.05) is 13.8 Å². The average Bonchev–Trinajstić information content (AvgIpc) is 2.41. The Hall–Kier alpha value is -1.25. The van der Waals surface area contributed by atoms with E-state index >= 15 is 0 Å². The molecule has 0 aromatic heterocycles. The third-order valence-electron chi connectivity index (χ3n) is 2.13. The minimum atomic E-state index is -0.275. The van der Waals surface area contributed by atoms with Gasteiger partial charge in [0.25, 0.3) is 0 Å². The molecule has 78 valence electrons. The van der Waals surface area contributed by atoms with Crippen LogP contribution in [0.15, 0.2) is 24.0 Å². The maximum Gasteiger partial charge on any atom is 0.338 e. The first-order chi connectivity index (χ1) is 6.57. The normalized spacial score (nSPS) is 21.4. The van der Waals surface area contributed by atoms with Crippen molar-refractivity contribution in [2.75, 3.05) is 6.61 Å². The monoisotopic (exact) mass is 196 g/mol. The zero-order chi connectivity index (χ0) is 10.7. The number of carbonyl (C=O) groups excluding carboxylic acids is 1. The summed E-state index contributed by atoms with van der Waals surface area (Å²) >= 11 is 0. The van der Waals surface area contributed by atoms with Crippen molar-refractivity contribution >= 4 is 5.97 Å². The molecular weight excluding hydrogens is 180 g/mol. The van der Waals surface area contributed by atoms with Crippen molar-refractivity contribution in [1.29, 1.82) is 0 Å². The third kappa shape index (κ3) is 1.97. The minimum absolute atomic E-state index is 0.233. The molecule has 0 bridgehead atoms. The van der Waals surface area contributed by atoms with Crippen LogP contribution in [-0.2, 0) is 14.3 Å². The first-order valence-electron chi connectivity index (χ1n) is 4.73. The number of esters is 1. The summed E-state index contributed by atoms with van der Waals surface area (Å²) in [5, 5.41) is 0. The fraction of sp³-hybridized carbons (Fsp3) is 0.545. The molecule has 1 aliphatic rings. The van der Waals surface area contributed by atoms with Crippen LogP contribution >= 0.6 is 0 Å². The standard InChI is InChI=1S/C11H16O3/c1-5-6-13-10-8(4)11(12)14-9(10)7(2)3/h5,7,9H,1,6H2,2-4H3/t9-/m0/s1. The molecule has 0 fully saturated rings. The lowest BCUT2D eigenvalue weighted by molar-refractivity contribution is -0.141. The quantitative estimate of drug-likeness (QED) is 0.510. The van der Waals surface area contributed by atoms with E-state index < -0.39 is 0 Å². The predicted octanol–water partition coefficient (Wildman–Crippen LogP) is 2.04. The Labute approximate surface area is 84.4 Å². The largest absolute Gasteiger partial charge is 0.489 e. The van der Waals surface area contributed by atoms with Gasteiger partial charge in [-0.15, -0.1) is 0 Å². The molecule has 1 rings (SSSR count). The van der Waals surface area contributed by atoms with Crippen molar-refractivity contribution in [2.24, 2.45) is 5.92 Å². The van der Waals surface area contributed by atoms with Crippen molar-refractivity contribution < 1.29 is 14.3 Å². The smallest absolute Gasteiger partial charge is 0.338 e. The molecule has 0 aliphatic carbocycles. The van der Waals surface area contributed by atoms with Crippen molar-refractivity contribution in [3.63, 3.8) is 0 Å². The molecule has 0 amide bonds. The zero-order valence-corrected chi connectivity index (χ0v) is 8.87. The van der Waals surface area contributed by atoms with E-state index in [1.54, 1.807) is 13.0 Å². The van der Waals surface area contributed by atoms with Crippen LogP contribution in [0.25, 0.3) is 0 Å². The van der Waals surface area contributed by atoms with E-state index in [1.165, 1.54) is 0 Å². The summed E-state index contributed by atoms with van der Waals surface area (Å²) in [5.74, 6) is 0.615. The van der Waals surface area contributed by atoms with E-state index in [4.69, 9.17) is 9.47 Å². The highest BCUT2D eigenvalue weighted by Crippen LogP contribution is 2.28. The molecule has 0 saturated heterocycles. The predicted molar refractivity (Wildman–Crippen MR) is 53.6 cm³/mol. The summed E-state index contributed by atoms with van der Waals surface area (Å²) in [6.45, 7) is 9.68. The Morgan fingerprint density at radius 1 is 1.64 bits per heavy atom. The highest BCUT2D eigenvalue weighted by Gasteiger charge is 2.34. The van der Waals surface area contributed by atoms with Gasteiger partial charge in [0.15, 0.2) is 6.10 Å². The minimum Gasteiger partial charge on any atom is -0.489 e. The third-order valence-corrected chi connectivity index (χ3v) is 2.13. The summed E-state index contributed by atoms with van der Waals surface area (Å²) in [6.07, 6.45) is 1.42. The zero-order valence-electron chi connectivity index (χ0n) is 8.87. The van der Waals surface area contributed by atoms with Gasteiger partial charge in [-0.2, -0.15) is 0 Å². The maximum atomic E-state index is 11.3. The number of ether oxygens (including phenoxy) is 2. The SMILES string of the molecule is C=CCOC1=C(C)C(=O)O[C@H]1C(C)C. The fourth-order valence-corrected chi connectivity index (χ4v) is 1.35. The second kappa shape index (κ2) is 4.31. The number of hydrogen-bond acceptors (Lipinski definition) is 3. The first-order valence-corrected chi connectivity index (χ1v) is 4.73. The van der Waals surface area contributed by atoms with Gasteiger partial charge >= 0.3 is 5.97 Å². The molecule has 0 aromatic carbocycles. The van der Waals surface area contributed by atoms with E-state index in [2.05, 4.69) is 6.58 Å². The molecule has 14 heavy (non-hydrogen) atoms. The molecule has 0 saturated carbocycles. The lowest BCUT2D eigenvalue weighted by atomic mass is 10.0. The second-order valence-electron chi connectivity index (χ2n) is 3.66. The van der Waals surface area contributed by atoms with Gasteiger partial charge in [-0.05, 0) is 12.8 Å². The topological polar surface area (TPSA) is 35.5 Å². The highest BCUT2D eigenvalue weighted by molar-refractivity contribution is 5.91. The maximum absolute atomic E-state index is 11.3. The molecule has 1 atom stereocenters. The van der Waals surface area contributed by atoms with Crippen LogP contribution in [-0.4, -0.2) is 18.7 Å². The summed E-state index contributed by atoms with van der Waals surface area (Å²) in [6, 6.07) is 0. The fourth-order valence-electron chi connectivity index (χ4n) is 1.35. The van der Waals surface area contributed by atoms with E-state index in [-0.39, 0.29) is 18.0 Å². The van der Waals surface area contributed by atoms with Gasteiger partial charge in [0.2, 0.25) is 0 Å². The van der Waals surface area contributed by atoms with E-state index in [0.29, 0.717) is 17.9 Å². The van der Waals surface area contributed by atoms with Crippen LogP contribution in [0.1, 0.15) is 20.8 Å². The van der Waals surface area contributed by atoms with Crippen molar-refractivity contribution in [3.8, 4) is 0 Å². The molecule has 1 aliphatic heterocycles. The van der Waals surface area contributed by atoms with Crippen LogP contribution in [0.5, 0.6) is 0 Å². The van der Waals surface area contributed by atoms with Crippen LogP contribution in [0.3, 0.4) is 0 Å². The molecular formula is C11H16O3. The summed E-state index contributed by atoms with van der Waals surface area (Å²) in [4.78, 5) is 11.3. The number of cyclic esters (lactones) is 1. The number of rotatable bonds is 4. The van der Waals surface area contributed by atoms with Crippen molar-refractivity contribution in [1.82, 2.24) is 0 Å². The average molecular weight is 196 g/mol. The van der Waals surface area contributed by atoms with Crippen molar-refractivity contribution in [3.05, 3.63) is 24.0 Å². The summed E-state index contributed by atoms with van der Waals surface area (Å²) < 4.78 is 10.6. The molecule has 3 heteroatoms. The number of hydrogen-bond donors (Lipinski definition) is 0. The molecule has 0 aromatic rings. The van der Waals surface area contributed by atoms with Gasteiger partial charge in [-0.3, -0.25) is 0 Å². The Kier molecular flexibility index (Phi) is 3.33. The van der Waals surface area contributed by atoms with E-state index in [9.17, 15) is 4.79 Å². The molecule has 0 spiro atoms. The van der Waals surface area contributed by atoms with Gasteiger partial charge < -0.3 is 9.47 Å². The molecule has 0 N–H and O–H groups in total. The Bertz CT molecular complexity index is 276. The lowest BCUT2D eigenvalue weighted by Gasteiger charge is -2.17. The van der Waals surface area contributed by atoms with Crippen LogP contribution in [0.2, 0.25) is 0 Å². The van der Waals surface area contributed by atoms with Gasteiger partial charge in [0, 0.05) is 0 Å². The van der Waals surface area contributed by atoms with Crippen LogP contribution < -0.4 is 0 Å². The molecule has 0 unspecified atom stereocenters. The summed E-state index contributed by atoms with van der Waals surface area (Å²) in [5.41, 5.74) is 0.575. The first kappa shape index (κ1) is 10.8. The van der Waals surface area contributed by atoms with Gasteiger partial charge in [-0.1, -0.05) is 26.5 Å². The van der Waals surface area contributed by atoms with Gasteiger partial charge in [0.05, 0.1) is 5.57 Å². The lowest BCUT2D eigenvalue weighted by Crippen LogP contribution is -2.20. The van der Waals surface area contributed by atoms with Crippen LogP contribution in [0, 0.1) is 5.92 Å². The van der Waals surface area contributed by atoms with E-state index in [0.717, 1.165) is 0 Å². The molecule has 1 heterocycles. The molecule has 0 radical (unpaired) electrons. The van der Waals surface area contributed by atoms with Crippen molar-refractivity contribution in [2.45, 2.75) is 26.9 Å². The van der Waals surface area contributed by atoms with Gasteiger partial charge in [-0.25, -0.2) is 4.79 Å². The Morgan fingerprint density at radius 3 is 2.79 bits per heavy atom. The summed E-state index contributed by atoms with van der Waals surface area (Å²) in [7, 11) is 0. The number of carbonyl (C=O) groups is 1. The Morgan fingerprint density at radius 2 is 2.29 bits per heavy atom. The molecule has 3 nitrogen and oxygen atoms in total. The Balaban J connectivity index is 2.81. The van der Waals surface area contributed by atoms with Gasteiger partial charge in [0.1, 0.15) is 12.4 Å². The highest BCUT2D eigenvalue weighted by atomic mass is 16.6. The van der Waals surface area contributed by atoms with Crippen LogP contribution in [0.4, 0.5) is 0 Å².